The van der Waals surface area contributed by atoms with E-state index in [4.69, 9.17) is 0 Å². The predicted octanol–water partition coefficient (Wildman–Crippen LogP) is 4.53. The second-order valence-corrected chi connectivity index (χ2v) is 7.27. The minimum absolute atomic E-state index is 0.510. The van der Waals surface area contributed by atoms with Crippen molar-refractivity contribution in [3.8, 4) is 0 Å². The summed E-state index contributed by atoms with van der Waals surface area (Å²) in [5.74, 6) is 1.77. The number of thiophene rings is 1. The van der Waals surface area contributed by atoms with E-state index < -0.39 is 0 Å². The summed E-state index contributed by atoms with van der Waals surface area (Å²) in [6, 6.07) is 5.72. The van der Waals surface area contributed by atoms with Gasteiger partial charge in [-0.15, -0.1) is 11.3 Å². The topological polar surface area (TPSA) is 12.0 Å². The molecule has 1 N–H and O–H groups in total. The third kappa shape index (κ3) is 3.56. The van der Waals surface area contributed by atoms with E-state index in [1.807, 2.05) is 11.3 Å². The van der Waals surface area contributed by atoms with Gasteiger partial charge in [0.1, 0.15) is 0 Å². The van der Waals surface area contributed by atoms with Gasteiger partial charge >= 0.3 is 0 Å². The molecule has 0 saturated heterocycles. The van der Waals surface area contributed by atoms with Crippen LogP contribution in [0.1, 0.15) is 55.8 Å². The smallest absolute Gasteiger partial charge is 0.0388 e. The van der Waals surface area contributed by atoms with Gasteiger partial charge in [-0.05, 0) is 57.1 Å². The highest BCUT2D eigenvalue weighted by Gasteiger charge is 2.25. The van der Waals surface area contributed by atoms with Crippen LogP contribution in [0, 0.1) is 18.8 Å². The molecule has 0 spiro atoms. The van der Waals surface area contributed by atoms with Crippen LogP contribution in [0.25, 0.3) is 0 Å². The molecule has 2 rings (SSSR count). The SMILES string of the molecule is Cc1ccc(C(C)NC2CC(C)CC(C)C2)s1. The van der Waals surface area contributed by atoms with Crippen molar-refractivity contribution in [1.82, 2.24) is 5.32 Å². The highest BCUT2D eigenvalue weighted by molar-refractivity contribution is 7.12. The van der Waals surface area contributed by atoms with Crippen molar-refractivity contribution in [3.05, 3.63) is 21.9 Å². The van der Waals surface area contributed by atoms with E-state index in [9.17, 15) is 0 Å². The van der Waals surface area contributed by atoms with Gasteiger partial charge in [-0.3, -0.25) is 0 Å². The highest BCUT2D eigenvalue weighted by Crippen LogP contribution is 2.31. The molecule has 1 saturated carbocycles. The van der Waals surface area contributed by atoms with Crippen LogP contribution in [0.2, 0.25) is 0 Å². The molecule has 2 heteroatoms. The standard InChI is InChI=1S/C15H25NS/c1-10-7-11(2)9-14(8-10)16-13(4)15-6-5-12(3)17-15/h5-6,10-11,13-14,16H,7-9H2,1-4H3. The second-order valence-electron chi connectivity index (χ2n) is 5.95. The lowest BCUT2D eigenvalue weighted by Crippen LogP contribution is -2.37. The zero-order valence-corrected chi connectivity index (χ0v) is 12.3. The summed E-state index contributed by atoms with van der Waals surface area (Å²) in [5.41, 5.74) is 0. The van der Waals surface area contributed by atoms with Crippen LogP contribution in [0.5, 0.6) is 0 Å². The second kappa shape index (κ2) is 5.53. The first-order valence-electron chi connectivity index (χ1n) is 6.87. The summed E-state index contributed by atoms with van der Waals surface area (Å²) in [6.45, 7) is 9.27. The minimum Gasteiger partial charge on any atom is -0.307 e. The van der Waals surface area contributed by atoms with Gasteiger partial charge in [-0.2, -0.15) is 0 Å². The highest BCUT2D eigenvalue weighted by atomic mass is 32.1. The summed E-state index contributed by atoms with van der Waals surface area (Å²) in [6.07, 6.45) is 4.10. The zero-order chi connectivity index (χ0) is 12.4. The van der Waals surface area contributed by atoms with Gasteiger partial charge in [0.15, 0.2) is 0 Å². The molecule has 1 aliphatic rings. The quantitative estimate of drug-likeness (QED) is 0.832. The maximum absolute atomic E-state index is 3.82. The van der Waals surface area contributed by atoms with Crippen molar-refractivity contribution in [1.29, 1.82) is 0 Å². The third-order valence-corrected chi connectivity index (χ3v) is 5.04. The number of hydrogen-bond acceptors (Lipinski definition) is 2. The maximum Gasteiger partial charge on any atom is 0.0388 e. The van der Waals surface area contributed by atoms with Crippen molar-refractivity contribution >= 4 is 11.3 Å². The van der Waals surface area contributed by atoms with Crippen LogP contribution in [-0.4, -0.2) is 6.04 Å². The van der Waals surface area contributed by atoms with Crippen LogP contribution < -0.4 is 5.32 Å². The summed E-state index contributed by atoms with van der Waals surface area (Å²) >= 11 is 1.92. The Hall–Kier alpha value is -0.340. The van der Waals surface area contributed by atoms with Gasteiger partial charge in [0.05, 0.1) is 0 Å². The largest absolute Gasteiger partial charge is 0.307 e. The van der Waals surface area contributed by atoms with E-state index in [0.717, 1.165) is 11.8 Å². The molecule has 0 aliphatic heterocycles. The van der Waals surface area contributed by atoms with E-state index in [2.05, 4.69) is 45.1 Å². The van der Waals surface area contributed by atoms with Crippen molar-refractivity contribution in [2.75, 3.05) is 0 Å². The van der Waals surface area contributed by atoms with Crippen LogP contribution in [0.15, 0.2) is 12.1 Å². The Kier molecular flexibility index (Phi) is 4.26. The normalized spacial score (nSPS) is 31.4. The molecule has 17 heavy (non-hydrogen) atoms. The van der Waals surface area contributed by atoms with Crippen LogP contribution in [-0.2, 0) is 0 Å². The molecular weight excluding hydrogens is 226 g/mol. The van der Waals surface area contributed by atoms with E-state index in [1.54, 1.807) is 0 Å². The molecule has 0 bridgehead atoms. The third-order valence-electron chi connectivity index (χ3n) is 3.85. The molecule has 1 fully saturated rings. The summed E-state index contributed by atoms with van der Waals surface area (Å²) < 4.78 is 0. The van der Waals surface area contributed by atoms with Crippen LogP contribution >= 0.6 is 11.3 Å². The van der Waals surface area contributed by atoms with Crippen molar-refractivity contribution in [2.45, 2.75) is 59.0 Å². The van der Waals surface area contributed by atoms with Crippen molar-refractivity contribution in [3.63, 3.8) is 0 Å². The number of rotatable bonds is 3. The fraction of sp³-hybridized carbons (Fsp3) is 0.733. The van der Waals surface area contributed by atoms with Crippen molar-refractivity contribution in [2.24, 2.45) is 11.8 Å². The van der Waals surface area contributed by atoms with Gasteiger partial charge in [0.25, 0.3) is 0 Å². The van der Waals surface area contributed by atoms with Crippen molar-refractivity contribution < 1.29 is 0 Å². The molecule has 0 amide bonds. The Morgan fingerprint density at radius 3 is 2.35 bits per heavy atom. The first kappa shape index (κ1) is 13.1. The Bertz CT molecular complexity index is 348. The lowest BCUT2D eigenvalue weighted by atomic mass is 9.80. The Morgan fingerprint density at radius 2 is 1.82 bits per heavy atom. The van der Waals surface area contributed by atoms with Gasteiger partial charge in [0.2, 0.25) is 0 Å². The molecule has 1 aromatic heterocycles. The minimum atomic E-state index is 0.510. The summed E-state index contributed by atoms with van der Waals surface area (Å²) in [4.78, 5) is 2.90. The van der Waals surface area contributed by atoms with E-state index >= 15 is 0 Å². The summed E-state index contributed by atoms with van der Waals surface area (Å²) in [7, 11) is 0. The van der Waals surface area contributed by atoms with Gasteiger partial charge in [-0.1, -0.05) is 13.8 Å². The molecule has 1 aromatic rings. The number of hydrogen-bond donors (Lipinski definition) is 1. The predicted molar refractivity (Wildman–Crippen MR) is 76.6 cm³/mol. The van der Waals surface area contributed by atoms with Gasteiger partial charge < -0.3 is 5.32 Å². The average molecular weight is 251 g/mol. The summed E-state index contributed by atoms with van der Waals surface area (Å²) in [5, 5.41) is 3.82. The molecule has 96 valence electrons. The van der Waals surface area contributed by atoms with E-state index in [0.29, 0.717) is 12.1 Å². The number of nitrogens with one attached hydrogen (secondary N) is 1. The molecule has 0 aromatic carbocycles. The maximum atomic E-state index is 3.82. The lowest BCUT2D eigenvalue weighted by molar-refractivity contribution is 0.229. The Balaban J connectivity index is 1.92. The molecule has 3 atom stereocenters. The molecule has 1 heterocycles. The lowest BCUT2D eigenvalue weighted by Gasteiger charge is -2.33. The van der Waals surface area contributed by atoms with Crippen LogP contribution in [0.4, 0.5) is 0 Å². The van der Waals surface area contributed by atoms with Gasteiger partial charge in [0, 0.05) is 21.8 Å². The Morgan fingerprint density at radius 1 is 1.18 bits per heavy atom. The first-order chi connectivity index (χ1) is 8.04. The monoisotopic (exact) mass is 251 g/mol. The molecule has 3 unspecified atom stereocenters. The zero-order valence-electron chi connectivity index (χ0n) is 11.5. The molecule has 1 aliphatic carbocycles. The van der Waals surface area contributed by atoms with Crippen LogP contribution in [0.3, 0.4) is 0 Å². The van der Waals surface area contributed by atoms with Gasteiger partial charge in [-0.25, -0.2) is 0 Å². The van der Waals surface area contributed by atoms with E-state index in [-0.39, 0.29) is 0 Å². The van der Waals surface area contributed by atoms with E-state index in [1.165, 1.54) is 29.0 Å². The molecule has 0 radical (unpaired) electrons. The Labute approximate surface area is 110 Å². The first-order valence-corrected chi connectivity index (χ1v) is 7.68. The number of aryl methyl sites for hydroxylation is 1. The molecular formula is C15H25NS. The fourth-order valence-corrected chi connectivity index (χ4v) is 4.09. The fourth-order valence-electron chi connectivity index (χ4n) is 3.20. The molecule has 1 nitrogen and oxygen atoms in total. The average Bonchev–Trinajstić information content (AvgIpc) is 2.63.